The number of halogens is 1. The molecule has 2 rings (SSSR count). The summed E-state index contributed by atoms with van der Waals surface area (Å²) in [5, 5.41) is 3.53. The van der Waals surface area contributed by atoms with Crippen LogP contribution in [0.1, 0.15) is 26.3 Å². The first-order valence-electron chi connectivity index (χ1n) is 6.28. The number of methoxy groups -OCH3 is 1. The molecule has 0 radical (unpaired) electrons. The maximum Gasteiger partial charge on any atom is 0.337 e. The van der Waals surface area contributed by atoms with E-state index in [0.29, 0.717) is 16.8 Å². The fourth-order valence-corrected chi connectivity index (χ4v) is 2.13. The van der Waals surface area contributed by atoms with Gasteiger partial charge in [-0.25, -0.2) is 4.79 Å². The van der Waals surface area contributed by atoms with Crippen LogP contribution >= 0.6 is 15.9 Å². The fraction of sp³-hybridized carbons (Fsp3) is 0.125. The van der Waals surface area contributed by atoms with Gasteiger partial charge in [0.05, 0.1) is 12.7 Å². The monoisotopic (exact) mass is 347 g/mol. The summed E-state index contributed by atoms with van der Waals surface area (Å²) in [5.41, 5.74) is 2.75. The Balaban J connectivity index is 2.06. The van der Waals surface area contributed by atoms with E-state index in [1.54, 1.807) is 36.4 Å². The summed E-state index contributed by atoms with van der Waals surface area (Å²) in [6.07, 6.45) is 0. The van der Waals surface area contributed by atoms with Crippen LogP contribution in [0.25, 0.3) is 0 Å². The van der Waals surface area contributed by atoms with Gasteiger partial charge in [0.25, 0.3) is 5.91 Å². The third kappa shape index (κ3) is 3.92. The molecule has 0 aromatic heterocycles. The summed E-state index contributed by atoms with van der Waals surface area (Å²) in [6, 6.07) is 13.9. The van der Waals surface area contributed by atoms with Crippen molar-refractivity contribution in [1.82, 2.24) is 0 Å². The molecular weight excluding hydrogens is 334 g/mol. The van der Waals surface area contributed by atoms with Crippen LogP contribution in [-0.4, -0.2) is 19.0 Å². The van der Waals surface area contributed by atoms with Crippen LogP contribution in [0.3, 0.4) is 0 Å². The number of ether oxygens (including phenoxy) is 1. The number of anilines is 1. The Morgan fingerprint density at radius 1 is 1.00 bits per heavy atom. The molecule has 0 fully saturated rings. The minimum absolute atomic E-state index is 0.193. The van der Waals surface area contributed by atoms with E-state index in [1.807, 2.05) is 12.1 Å². The van der Waals surface area contributed by atoms with Crippen molar-refractivity contribution in [1.29, 1.82) is 0 Å². The van der Waals surface area contributed by atoms with Crippen LogP contribution in [0.2, 0.25) is 0 Å². The topological polar surface area (TPSA) is 55.4 Å². The average Bonchev–Trinajstić information content (AvgIpc) is 2.55. The Hall–Kier alpha value is -2.14. The average molecular weight is 348 g/mol. The summed E-state index contributed by atoms with van der Waals surface area (Å²) < 4.78 is 4.62. The zero-order valence-electron chi connectivity index (χ0n) is 11.4. The second kappa shape index (κ2) is 7.04. The molecule has 4 nitrogen and oxygen atoms in total. The zero-order valence-corrected chi connectivity index (χ0v) is 13.0. The smallest absolute Gasteiger partial charge is 0.337 e. The highest BCUT2D eigenvalue weighted by Gasteiger charge is 2.08. The number of rotatable bonds is 4. The molecular formula is C16H14BrNO3. The quantitative estimate of drug-likeness (QED) is 0.678. The fourth-order valence-electron chi connectivity index (χ4n) is 1.76. The van der Waals surface area contributed by atoms with Crippen molar-refractivity contribution in [3.8, 4) is 0 Å². The predicted octanol–water partition coefficient (Wildman–Crippen LogP) is 3.62. The van der Waals surface area contributed by atoms with Crippen LogP contribution < -0.4 is 5.32 Å². The van der Waals surface area contributed by atoms with Gasteiger partial charge in [-0.3, -0.25) is 4.79 Å². The van der Waals surface area contributed by atoms with Gasteiger partial charge < -0.3 is 10.1 Å². The van der Waals surface area contributed by atoms with Crippen LogP contribution in [0.5, 0.6) is 0 Å². The molecule has 0 heterocycles. The number of carbonyl (C=O) groups excluding carboxylic acids is 2. The number of amides is 1. The molecule has 0 aliphatic carbocycles. The van der Waals surface area contributed by atoms with E-state index >= 15 is 0 Å². The number of hydrogen-bond donors (Lipinski definition) is 1. The van der Waals surface area contributed by atoms with Gasteiger partial charge in [0.2, 0.25) is 0 Å². The van der Waals surface area contributed by atoms with Crippen LogP contribution in [0, 0.1) is 0 Å². The molecule has 0 atom stereocenters. The molecule has 5 heteroatoms. The molecule has 0 bridgehead atoms. The van der Waals surface area contributed by atoms with Gasteiger partial charge in [0, 0.05) is 16.6 Å². The highest BCUT2D eigenvalue weighted by atomic mass is 79.9. The van der Waals surface area contributed by atoms with Gasteiger partial charge >= 0.3 is 5.97 Å². The predicted molar refractivity (Wildman–Crippen MR) is 84.8 cm³/mol. The molecule has 0 saturated heterocycles. The minimum Gasteiger partial charge on any atom is -0.465 e. The van der Waals surface area contributed by atoms with Gasteiger partial charge in [-0.1, -0.05) is 28.1 Å². The van der Waals surface area contributed by atoms with Crippen LogP contribution in [0.15, 0.2) is 48.5 Å². The van der Waals surface area contributed by atoms with Crippen molar-refractivity contribution in [3.63, 3.8) is 0 Å². The third-order valence-electron chi connectivity index (χ3n) is 2.93. The summed E-state index contributed by atoms with van der Waals surface area (Å²) in [5.74, 6) is -0.597. The van der Waals surface area contributed by atoms with Crippen molar-refractivity contribution >= 4 is 33.5 Å². The zero-order chi connectivity index (χ0) is 15.2. The van der Waals surface area contributed by atoms with Crippen molar-refractivity contribution in [2.75, 3.05) is 12.4 Å². The van der Waals surface area contributed by atoms with E-state index in [2.05, 4.69) is 26.0 Å². The Kier molecular flexibility index (Phi) is 5.11. The Morgan fingerprint density at radius 3 is 2.10 bits per heavy atom. The molecule has 1 N–H and O–H groups in total. The summed E-state index contributed by atoms with van der Waals surface area (Å²) in [4.78, 5) is 23.4. The van der Waals surface area contributed by atoms with E-state index in [-0.39, 0.29) is 5.91 Å². The highest BCUT2D eigenvalue weighted by molar-refractivity contribution is 9.08. The maximum absolute atomic E-state index is 12.1. The molecule has 2 aromatic rings. The van der Waals surface area contributed by atoms with E-state index in [1.165, 1.54) is 7.11 Å². The summed E-state index contributed by atoms with van der Waals surface area (Å²) in [7, 11) is 1.33. The molecule has 2 aromatic carbocycles. The highest BCUT2D eigenvalue weighted by Crippen LogP contribution is 2.13. The molecule has 0 aliphatic heterocycles. The van der Waals surface area contributed by atoms with Crippen molar-refractivity contribution in [2.24, 2.45) is 0 Å². The molecule has 21 heavy (non-hydrogen) atoms. The lowest BCUT2D eigenvalue weighted by Crippen LogP contribution is -2.12. The van der Waals surface area contributed by atoms with Gasteiger partial charge in [-0.2, -0.15) is 0 Å². The van der Waals surface area contributed by atoms with Crippen molar-refractivity contribution in [3.05, 3.63) is 65.2 Å². The van der Waals surface area contributed by atoms with Crippen molar-refractivity contribution < 1.29 is 14.3 Å². The number of hydrogen-bond acceptors (Lipinski definition) is 3. The number of benzene rings is 2. The lowest BCUT2D eigenvalue weighted by molar-refractivity contribution is 0.0600. The van der Waals surface area contributed by atoms with Crippen molar-refractivity contribution in [2.45, 2.75) is 5.33 Å². The number of esters is 1. The number of nitrogens with one attached hydrogen (secondary N) is 1. The first-order chi connectivity index (χ1) is 10.1. The SMILES string of the molecule is COC(=O)c1ccc(NC(=O)c2ccc(CBr)cc2)cc1. The van der Waals surface area contributed by atoms with E-state index in [4.69, 9.17) is 0 Å². The number of alkyl halides is 1. The van der Waals surface area contributed by atoms with Gasteiger partial charge in [0.15, 0.2) is 0 Å². The molecule has 0 saturated carbocycles. The minimum atomic E-state index is -0.404. The molecule has 108 valence electrons. The van der Waals surface area contributed by atoms with Crippen LogP contribution in [0.4, 0.5) is 5.69 Å². The summed E-state index contributed by atoms with van der Waals surface area (Å²) >= 11 is 3.36. The van der Waals surface area contributed by atoms with Crippen LogP contribution in [-0.2, 0) is 10.1 Å². The Bertz CT molecular complexity index is 636. The van der Waals surface area contributed by atoms with E-state index < -0.39 is 5.97 Å². The molecule has 1 amide bonds. The van der Waals surface area contributed by atoms with Gasteiger partial charge in [-0.15, -0.1) is 0 Å². The first-order valence-corrected chi connectivity index (χ1v) is 7.41. The largest absolute Gasteiger partial charge is 0.465 e. The Labute approximate surface area is 131 Å². The lowest BCUT2D eigenvalue weighted by Gasteiger charge is -2.06. The maximum atomic E-state index is 12.1. The van der Waals surface area contributed by atoms with Gasteiger partial charge in [0.1, 0.15) is 0 Å². The molecule has 0 unspecified atom stereocenters. The lowest BCUT2D eigenvalue weighted by atomic mass is 10.1. The molecule has 0 aliphatic rings. The standard InChI is InChI=1S/C16H14BrNO3/c1-21-16(20)13-6-8-14(9-7-13)18-15(19)12-4-2-11(10-17)3-5-12/h2-9H,10H2,1H3,(H,18,19). The molecule has 0 spiro atoms. The Morgan fingerprint density at radius 2 is 1.57 bits per heavy atom. The first kappa shape index (κ1) is 15.3. The third-order valence-corrected chi connectivity index (χ3v) is 3.58. The number of carbonyl (C=O) groups is 2. The second-order valence-corrected chi connectivity index (χ2v) is 4.91. The second-order valence-electron chi connectivity index (χ2n) is 4.35. The van der Waals surface area contributed by atoms with Gasteiger partial charge in [-0.05, 0) is 42.0 Å². The van der Waals surface area contributed by atoms with E-state index in [0.717, 1.165) is 10.9 Å². The van der Waals surface area contributed by atoms with E-state index in [9.17, 15) is 9.59 Å². The summed E-state index contributed by atoms with van der Waals surface area (Å²) in [6.45, 7) is 0. The normalized spacial score (nSPS) is 10.0.